The number of pyridine rings is 1. The molecule has 6 nitrogen and oxygen atoms in total. The van der Waals surface area contributed by atoms with Crippen molar-refractivity contribution in [3.05, 3.63) is 48.2 Å². The fourth-order valence-electron chi connectivity index (χ4n) is 2.80. The third-order valence-electron chi connectivity index (χ3n) is 4.02. The van der Waals surface area contributed by atoms with Crippen LogP contribution < -0.4 is 20.3 Å². The molecule has 3 rings (SSSR count). The van der Waals surface area contributed by atoms with Crippen LogP contribution in [0.3, 0.4) is 0 Å². The van der Waals surface area contributed by atoms with Gasteiger partial charge in [0.15, 0.2) is 0 Å². The average molecular weight is 312 g/mol. The molecule has 1 aromatic heterocycles. The number of methoxy groups -OCH3 is 1. The smallest absolute Gasteiger partial charge is 0.267 e. The number of nitrogens with two attached hydrogens (primary N) is 1. The molecule has 23 heavy (non-hydrogen) atoms. The summed E-state index contributed by atoms with van der Waals surface area (Å²) in [6.07, 6.45) is 0. The SMILES string of the molecule is COc1ccccc1N1CCN(c2cccc(C(N)=O)n2)CC1. The van der Waals surface area contributed by atoms with Crippen LogP contribution in [0.15, 0.2) is 42.5 Å². The van der Waals surface area contributed by atoms with Crippen molar-refractivity contribution >= 4 is 17.4 Å². The number of amides is 1. The molecule has 2 aromatic rings. The number of para-hydroxylation sites is 2. The highest BCUT2D eigenvalue weighted by molar-refractivity contribution is 5.91. The van der Waals surface area contributed by atoms with E-state index in [0.29, 0.717) is 5.69 Å². The first-order chi connectivity index (χ1) is 11.2. The van der Waals surface area contributed by atoms with Crippen molar-refractivity contribution in [3.8, 4) is 5.75 Å². The Balaban J connectivity index is 1.71. The third kappa shape index (κ3) is 3.21. The van der Waals surface area contributed by atoms with Gasteiger partial charge in [0.05, 0.1) is 12.8 Å². The quantitative estimate of drug-likeness (QED) is 0.926. The fourth-order valence-corrected chi connectivity index (χ4v) is 2.80. The van der Waals surface area contributed by atoms with Crippen molar-refractivity contribution in [1.82, 2.24) is 4.98 Å². The zero-order valence-corrected chi connectivity index (χ0v) is 13.1. The van der Waals surface area contributed by atoms with Gasteiger partial charge in [-0.05, 0) is 24.3 Å². The van der Waals surface area contributed by atoms with Gasteiger partial charge in [-0.2, -0.15) is 0 Å². The molecule has 2 heterocycles. The first-order valence-electron chi connectivity index (χ1n) is 7.59. The topological polar surface area (TPSA) is 71.7 Å². The maximum atomic E-state index is 11.3. The molecule has 120 valence electrons. The maximum absolute atomic E-state index is 11.3. The first kappa shape index (κ1) is 15.1. The van der Waals surface area contributed by atoms with Gasteiger partial charge < -0.3 is 20.3 Å². The van der Waals surface area contributed by atoms with Crippen molar-refractivity contribution in [2.45, 2.75) is 0 Å². The maximum Gasteiger partial charge on any atom is 0.267 e. The van der Waals surface area contributed by atoms with E-state index in [2.05, 4.69) is 20.9 Å². The third-order valence-corrected chi connectivity index (χ3v) is 4.02. The molecule has 6 heteroatoms. The van der Waals surface area contributed by atoms with Crippen molar-refractivity contribution in [2.75, 3.05) is 43.1 Å². The summed E-state index contributed by atoms with van der Waals surface area (Å²) in [6, 6.07) is 13.4. The van der Waals surface area contributed by atoms with Gasteiger partial charge in [-0.15, -0.1) is 0 Å². The summed E-state index contributed by atoms with van der Waals surface area (Å²) in [5.41, 5.74) is 6.71. The second kappa shape index (κ2) is 6.56. The lowest BCUT2D eigenvalue weighted by Crippen LogP contribution is -2.47. The van der Waals surface area contributed by atoms with Gasteiger partial charge in [0.25, 0.3) is 5.91 Å². The summed E-state index contributed by atoms with van der Waals surface area (Å²) in [6.45, 7) is 3.38. The molecule has 1 fully saturated rings. The summed E-state index contributed by atoms with van der Waals surface area (Å²) >= 11 is 0. The Morgan fingerprint density at radius 3 is 2.43 bits per heavy atom. The number of piperazine rings is 1. The monoisotopic (exact) mass is 312 g/mol. The molecule has 1 aromatic carbocycles. The number of primary amides is 1. The molecule has 0 atom stereocenters. The number of anilines is 2. The molecule has 2 N–H and O–H groups in total. The minimum absolute atomic E-state index is 0.301. The molecular weight excluding hydrogens is 292 g/mol. The van der Waals surface area contributed by atoms with E-state index in [4.69, 9.17) is 10.5 Å². The van der Waals surface area contributed by atoms with Gasteiger partial charge in [0, 0.05) is 26.2 Å². The largest absolute Gasteiger partial charge is 0.495 e. The average Bonchev–Trinajstić information content (AvgIpc) is 2.62. The second-order valence-corrected chi connectivity index (χ2v) is 5.39. The molecule has 1 saturated heterocycles. The number of ether oxygens (including phenoxy) is 1. The van der Waals surface area contributed by atoms with Crippen LogP contribution >= 0.6 is 0 Å². The number of hydrogen-bond acceptors (Lipinski definition) is 5. The van der Waals surface area contributed by atoms with Crippen molar-refractivity contribution in [2.24, 2.45) is 5.73 Å². The van der Waals surface area contributed by atoms with E-state index >= 15 is 0 Å². The van der Waals surface area contributed by atoms with Gasteiger partial charge in [-0.3, -0.25) is 4.79 Å². The van der Waals surface area contributed by atoms with Crippen LogP contribution in [0.25, 0.3) is 0 Å². The van der Waals surface area contributed by atoms with Crippen LogP contribution in [-0.4, -0.2) is 44.2 Å². The summed E-state index contributed by atoms with van der Waals surface area (Å²) in [4.78, 5) is 20.1. The zero-order chi connectivity index (χ0) is 16.2. The highest BCUT2D eigenvalue weighted by atomic mass is 16.5. The number of aromatic nitrogens is 1. The molecule has 0 unspecified atom stereocenters. The molecule has 0 radical (unpaired) electrons. The van der Waals surface area contributed by atoms with Crippen LogP contribution in [-0.2, 0) is 0 Å². The lowest BCUT2D eigenvalue weighted by Gasteiger charge is -2.37. The van der Waals surface area contributed by atoms with Gasteiger partial charge >= 0.3 is 0 Å². The Bertz CT molecular complexity index is 696. The summed E-state index contributed by atoms with van der Waals surface area (Å²) in [5, 5.41) is 0. The molecule has 1 aliphatic heterocycles. The van der Waals surface area contributed by atoms with Crippen LogP contribution in [0.1, 0.15) is 10.5 Å². The van der Waals surface area contributed by atoms with Crippen molar-refractivity contribution < 1.29 is 9.53 Å². The lowest BCUT2D eigenvalue weighted by molar-refractivity contribution is 0.0995. The number of hydrogen-bond donors (Lipinski definition) is 1. The van der Waals surface area contributed by atoms with E-state index in [9.17, 15) is 4.79 Å². The first-order valence-corrected chi connectivity index (χ1v) is 7.59. The Kier molecular flexibility index (Phi) is 4.32. The van der Waals surface area contributed by atoms with Crippen molar-refractivity contribution in [3.63, 3.8) is 0 Å². The standard InChI is InChI=1S/C17H20N4O2/c1-23-15-7-3-2-6-14(15)20-9-11-21(12-10-20)16-8-4-5-13(19-16)17(18)22/h2-8H,9-12H2,1H3,(H2,18,22). The van der Waals surface area contributed by atoms with Crippen LogP contribution in [0.5, 0.6) is 5.75 Å². The fraction of sp³-hybridized carbons (Fsp3) is 0.294. The van der Waals surface area contributed by atoms with E-state index in [1.165, 1.54) is 0 Å². The highest BCUT2D eigenvalue weighted by Gasteiger charge is 2.20. The summed E-state index contributed by atoms with van der Waals surface area (Å²) < 4.78 is 5.43. The number of rotatable bonds is 4. The van der Waals surface area contributed by atoms with Gasteiger partial charge in [0.2, 0.25) is 0 Å². The number of carbonyl (C=O) groups excluding carboxylic acids is 1. The molecule has 0 aliphatic carbocycles. The minimum Gasteiger partial charge on any atom is -0.495 e. The normalized spacial score (nSPS) is 14.7. The number of carbonyl (C=O) groups is 1. The Morgan fingerprint density at radius 1 is 1.04 bits per heavy atom. The molecule has 1 aliphatic rings. The van der Waals surface area contributed by atoms with Gasteiger partial charge in [-0.1, -0.05) is 18.2 Å². The molecule has 0 bridgehead atoms. The number of nitrogens with zero attached hydrogens (tertiary/aromatic N) is 3. The van der Waals surface area contributed by atoms with E-state index in [1.54, 1.807) is 13.2 Å². The van der Waals surface area contributed by atoms with E-state index in [0.717, 1.165) is 43.4 Å². The Labute approximate surface area is 135 Å². The zero-order valence-electron chi connectivity index (χ0n) is 13.1. The minimum atomic E-state index is -0.500. The Morgan fingerprint density at radius 2 is 1.74 bits per heavy atom. The van der Waals surface area contributed by atoms with Gasteiger partial charge in [-0.25, -0.2) is 4.98 Å². The van der Waals surface area contributed by atoms with Crippen molar-refractivity contribution in [1.29, 1.82) is 0 Å². The van der Waals surface area contributed by atoms with E-state index in [1.807, 2.05) is 30.3 Å². The second-order valence-electron chi connectivity index (χ2n) is 5.39. The van der Waals surface area contributed by atoms with E-state index in [-0.39, 0.29) is 0 Å². The summed E-state index contributed by atoms with van der Waals surface area (Å²) in [7, 11) is 1.69. The lowest BCUT2D eigenvalue weighted by atomic mass is 10.2. The van der Waals surface area contributed by atoms with Gasteiger partial charge in [0.1, 0.15) is 17.3 Å². The molecule has 1 amide bonds. The molecular formula is C17H20N4O2. The highest BCUT2D eigenvalue weighted by Crippen LogP contribution is 2.28. The molecule has 0 spiro atoms. The van der Waals surface area contributed by atoms with Crippen LogP contribution in [0, 0.1) is 0 Å². The predicted molar refractivity (Wildman–Crippen MR) is 90.2 cm³/mol. The number of benzene rings is 1. The summed E-state index contributed by atoms with van der Waals surface area (Å²) in [5.74, 6) is 1.18. The van der Waals surface area contributed by atoms with Crippen LogP contribution in [0.2, 0.25) is 0 Å². The van der Waals surface area contributed by atoms with E-state index < -0.39 is 5.91 Å². The van der Waals surface area contributed by atoms with Crippen LogP contribution in [0.4, 0.5) is 11.5 Å². The Hall–Kier alpha value is -2.76. The predicted octanol–water partition coefficient (Wildman–Crippen LogP) is 1.52. The molecule has 0 saturated carbocycles.